The lowest BCUT2D eigenvalue weighted by Gasteiger charge is -2.20. The van der Waals surface area contributed by atoms with E-state index in [0.29, 0.717) is 17.7 Å². The van der Waals surface area contributed by atoms with Gasteiger partial charge in [0, 0.05) is 11.6 Å². The molecule has 0 unspecified atom stereocenters. The Hall–Kier alpha value is -1.16. The molecule has 0 aliphatic rings. The number of methoxy groups -OCH3 is 1. The van der Waals surface area contributed by atoms with Gasteiger partial charge in [-0.05, 0) is 31.9 Å². The largest absolute Gasteiger partial charge is 0.496 e. The van der Waals surface area contributed by atoms with Crippen LogP contribution in [0.4, 0.5) is 8.78 Å². The maximum Gasteiger partial charge on any atom is 0.162 e. The SMILES string of the molecule is COc1cc(F)c(F)cc1CC(C)(C)N. The van der Waals surface area contributed by atoms with Crippen LogP contribution in [0.2, 0.25) is 0 Å². The van der Waals surface area contributed by atoms with Gasteiger partial charge in [0.15, 0.2) is 11.6 Å². The summed E-state index contributed by atoms with van der Waals surface area (Å²) in [5.74, 6) is -1.46. The molecule has 0 fully saturated rings. The average molecular weight is 215 g/mol. The third-order valence-electron chi connectivity index (χ3n) is 1.97. The minimum atomic E-state index is -0.912. The van der Waals surface area contributed by atoms with Gasteiger partial charge in [-0.15, -0.1) is 0 Å². The van der Waals surface area contributed by atoms with E-state index in [0.717, 1.165) is 12.1 Å². The van der Waals surface area contributed by atoms with E-state index < -0.39 is 17.2 Å². The summed E-state index contributed by atoms with van der Waals surface area (Å²) in [5, 5.41) is 0. The van der Waals surface area contributed by atoms with Gasteiger partial charge in [0.1, 0.15) is 5.75 Å². The summed E-state index contributed by atoms with van der Waals surface area (Å²) in [6.07, 6.45) is 0.424. The van der Waals surface area contributed by atoms with Crippen LogP contribution in [0.5, 0.6) is 5.75 Å². The van der Waals surface area contributed by atoms with Crippen molar-refractivity contribution in [2.45, 2.75) is 25.8 Å². The van der Waals surface area contributed by atoms with Gasteiger partial charge in [0.05, 0.1) is 7.11 Å². The zero-order valence-electron chi connectivity index (χ0n) is 9.10. The fraction of sp³-hybridized carbons (Fsp3) is 0.455. The third-order valence-corrected chi connectivity index (χ3v) is 1.97. The van der Waals surface area contributed by atoms with Crippen molar-refractivity contribution < 1.29 is 13.5 Å². The average Bonchev–Trinajstić information content (AvgIpc) is 2.08. The van der Waals surface area contributed by atoms with Crippen molar-refractivity contribution in [3.8, 4) is 5.75 Å². The van der Waals surface area contributed by atoms with Crippen molar-refractivity contribution in [3.05, 3.63) is 29.3 Å². The number of rotatable bonds is 3. The van der Waals surface area contributed by atoms with Crippen LogP contribution in [0.3, 0.4) is 0 Å². The van der Waals surface area contributed by atoms with Gasteiger partial charge in [-0.1, -0.05) is 0 Å². The minimum absolute atomic E-state index is 0.326. The second-order valence-electron chi connectivity index (χ2n) is 4.24. The summed E-state index contributed by atoms with van der Waals surface area (Å²) in [6.45, 7) is 3.63. The first-order chi connectivity index (χ1) is 6.83. The van der Waals surface area contributed by atoms with Crippen LogP contribution in [0, 0.1) is 11.6 Å². The molecule has 2 N–H and O–H groups in total. The van der Waals surface area contributed by atoms with Gasteiger partial charge >= 0.3 is 0 Å². The molecule has 0 heterocycles. The summed E-state index contributed by atoms with van der Waals surface area (Å²) in [4.78, 5) is 0. The molecule has 0 saturated heterocycles. The van der Waals surface area contributed by atoms with Gasteiger partial charge in [-0.2, -0.15) is 0 Å². The Kier molecular flexibility index (Phi) is 3.29. The molecule has 0 aliphatic heterocycles. The Morgan fingerprint density at radius 2 is 1.80 bits per heavy atom. The van der Waals surface area contributed by atoms with E-state index in [-0.39, 0.29) is 0 Å². The van der Waals surface area contributed by atoms with Gasteiger partial charge in [-0.3, -0.25) is 0 Å². The zero-order chi connectivity index (χ0) is 11.6. The molecule has 0 atom stereocenters. The number of halogens is 2. The fourth-order valence-electron chi connectivity index (χ4n) is 1.39. The normalized spacial score (nSPS) is 11.6. The number of benzene rings is 1. The first-order valence-corrected chi connectivity index (χ1v) is 4.64. The maximum atomic E-state index is 13.0. The standard InChI is InChI=1S/C11H15F2NO/c1-11(2,14)6-7-4-8(12)9(13)5-10(7)15-3/h4-5H,6,14H2,1-3H3. The quantitative estimate of drug-likeness (QED) is 0.839. The highest BCUT2D eigenvalue weighted by Gasteiger charge is 2.17. The lowest BCUT2D eigenvalue weighted by molar-refractivity contribution is 0.393. The zero-order valence-corrected chi connectivity index (χ0v) is 9.10. The number of hydrogen-bond donors (Lipinski definition) is 1. The van der Waals surface area contributed by atoms with Crippen LogP contribution < -0.4 is 10.5 Å². The molecule has 0 amide bonds. The highest BCUT2D eigenvalue weighted by Crippen LogP contribution is 2.25. The van der Waals surface area contributed by atoms with Gasteiger partial charge < -0.3 is 10.5 Å². The summed E-state index contributed by atoms with van der Waals surface area (Å²) in [5.41, 5.74) is 5.89. The molecular formula is C11H15F2NO. The minimum Gasteiger partial charge on any atom is -0.496 e. The highest BCUT2D eigenvalue weighted by molar-refractivity contribution is 5.35. The molecule has 1 rings (SSSR count). The first-order valence-electron chi connectivity index (χ1n) is 4.64. The van der Waals surface area contributed by atoms with Crippen LogP contribution in [-0.4, -0.2) is 12.6 Å². The van der Waals surface area contributed by atoms with Gasteiger partial charge in [0.25, 0.3) is 0 Å². The van der Waals surface area contributed by atoms with Gasteiger partial charge in [-0.25, -0.2) is 8.78 Å². The van der Waals surface area contributed by atoms with Crippen molar-refractivity contribution in [2.75, 3.05) is 7.11 Å². The van der Waals surface area contributed by atoms with Crippen LogP contribution in [0.15, 0.2) is 12.1 Å². The molecule has 1 aromatic carbocycles. The monoisotopic (exact) mass is 215 g/mol. The topological polar surface area (TPSA) is 35.2 Å². The second-order valence-corrected chi connectivity index (χ2v) is 4.24. The number of nitrogens with two attached hydrogens (primary N) is 1. The summed E-state index contributed by atoms with van der Waals surface area (Å²) < 4.78 is 30.9. The highest BCUT2D eigenvalue weighted by atomic mass is 19.2. The second kappa shape index (κ2) is 4.14. The van der Waals surface area contributed by atoms with E-state index in [9.17, 15) is 8.78 Å². The summed E-state index contributed by atoms with van der Waals surface area (Å²) >= 11 is 0. The lowest BCUT2D eigenvalue weighted by atomic mass is 9.95. The Labute approximate surface area is 88.0 Å². The molecule has 15 heavy (non-hydrogen) atoms. The van der Waals surface area contributed by atoms with Crippen molar-refractivity contribution in [2.24, 2.45) is 5.73 Å². The van der Waals surface area contributed by atoms with E-state index in [2.05, 4.69) is 0 Å². The molecule has 84 valence electrons. The molecule has 1 aromatic rings. The molecular weight excluding hydrogens is 200 g/mol. The Balaban J connectivity index is 3.11. The molecule has 0 aromatic heterocycles. The van der Waals surface area contributed by atoms with E-state index >= 15 is 0 Å². The van der Waals surface area contributed by atoms with Crippen molar-refractivity contribution in [1.29, 1.82) is 0 Å². The van der Waals surface area contributed by atoms with Crippen molar-refractivity contribution in [1.82, 2.24) is 0 Å². The lowest BCUT2D eigenvalue weighted by Crippen LogP contribution is -2.34. The Morgan fingerprint density at radius 3 is 2.27 bits per heavy atom. The van der Waals surface area contributed by atoms with Crippen molar-refractivity contribution in [3.63, 3.8) is 0 Å². The van der Waals surface area contributed by atoms with E-state index in [4.69, 9.17) is 10.5 Å². The molecule has 2 nitrogen and oxygen atoms in total. The van der Waals surface area contributed by atoms with Crippen molar-refractivity contribution >= 4 is 0 Å². The Morgan fingerprint density at radius 1 is 1.27 bits per heavy atom. The molecule has 0 aliphatic carbocycles. The molecule has 0 spiro atoms. The first kappa shape index (κ1) is 11.9. The van der Waals surface area contributed by atoms with E-state index in [1.807, 2.05) is 13.8 Å². The van der Waals surface area contributed by atoms with Crippen LogP contribution in [0.25, 0.3) is 0 Å². The maximum absolute atomic E-state index is 13.0. The molecule has 0 saturated carbocycles. The molecule has 0 radical (unpaired) electrons. The predicted molar refractivity (Wildman–Crippen MR) is 54.9 cm³/mol. The van der Waals surface area contributed by atoms with E-state index in [1.54, 1.807) is 0 Å². The smallest absolute Gasteiger partial charge is 0.162 e. The third kappa shape index (κ3) is 3.16. The summed E-state index contributed by atoms with van der Waals surface area (Å²) in [6, 6.07) is 2.17. The predicted octanol–water partition coefficient (Wildman–Crippen LogP) is 2.25. The van der Waals surface area contributed by atoms with Crippen LogP contribution in [0.1, 0.15) is 19.4 Å². The number of hydrogen-bond acceptors (Lipinski definition) is 2. The Bertz CT molecular complexity index is 358. The fourth-order valence-corrected chi connectivity index (χ4v) is 1.39. The van der Waals surface area contributed by atoms with E-state index in [1.165, 1.54) is 7.11 Å². The summed E-state index contributed by atoms with van der Waals surface area (Å²) in [7, 11) is 1.42. The number of ether oxygens (including phenoxy) is 1. The van der Waals surface area contributed by atoms with Crippen LogP contribution in [-0.2, 0) is 6.42 Å². The van der Waals surface area contributed by atoms with Gasteiger partial charge in [0.2, 0.25) is 0 Å². The van der Waals surface area contributed by atoms with Crippen LogP contribution >= 0.6 is 0 Å². The molecule has 4 heteroatoms. The molecule has 0 bridgehead atoms.